The molecule has 0 aliphatic heterocycles. The molecule has 0 unspecified atom stereocenters. The van der Waals surface area contributed by atoms with Crippen LogP contribution in [0, 0.1) is 5.82 Å². The van der Waals surface area contributed by atoms with E-state index in [1.807, 2.05) is 6.92 Å². The third kappa shape index (κ3) is 1.81. The minimum absolute atomic E-state index is 0.306. The topological polar surface area (TPSA) is 26.0 Å². The van der Waals surface area contributed by atoms with Gasteiger partial charge < -0.3 is 4.52 Å². The predicted molar refractivity (Wildman–Crippen MR) is 56.6 cm³/mol. The maximum Gasteiger partial charge on any atom is 0.162 e. The van der Waals surface area contributed by atoms with Crippen LogP contribution in [0.25, 0.3) is 16.8 Å². The van der Waals surface area contributed by atoms with Crippen LogP contribution in [0.5, 0.6) is 0 Å². The summed E-state index contributed by atoms with van der Waals surface area (Å²) < 4.78 is 18.4. The number of benzene rings is 1. The van der Waals surface area contributed by atoms with E-state index in [9.17, 15) is 4.39 Å². The van der Waals surface area contributed by atoms with Crippen LogP contribution in [-0.4, -0.2) is 5.16 Å². The third-order valence-corrected chi connectivity index (χ3v) is 2.08. The summed E-state index contributed by atoms with van der Waals surface area (Å²) in [6, 6.07) is 8.13. The largest absolute Gasteiger partial charge is 0.356 e. The SMILES string of the molecule is C=C(C)c1cc(-c2ccccc2F)no1. The molecule has 0 amide bonds. The van der Waals surface area contributed by atoms with Crippen LogP contribution in [0.4, 0.5) is 4.39 Å². The van der Waals surface area contributed by atoms with Crippen LogP contribution in [-0.2, 0) is 0 Å². The third-order valence-electron chi connectivity index (χ3n) is 2.08. The fraction of sp³-hybridized carbons (Fsp3) is 0.0833. The van der Waals surface area contributed by atoms with Crippen LogP contribution in [0.2, 0.25) is 0 Å². The standard InChI is InChI=1S/C12H10FNO/c1-8(2)12-7-11(14-15-12)9-5-3-4-6-10(9)13/h3-7H,1H2,2H3. The Bertz CT molecular complexity index is 502. The van der Waals surface area contributed by atoms with Gasteiger partial charge in [0.2, 0.25) is 0 Å². The molecule has 0 saturated carbocycles. The first-order valence-corrected chi connectivity index (χ1v) is 4.56. The van der Waals surface area contributed by atoms with E-state index in [4.69, 9.17) is 4.52 Å². The molecule has 0 spiro atoms. The van der Waals surface area contributed by atoms with E-state index in [0.717, 1.165) is 5.57 Å². The molecule has 1 aromatic heterocycles. The number of hydrogen-bond donors (Lipinski definition) is 0. The fourth-order valence-electron chi connectivity index (χ4n) is 1.27. The minimum atomic E-state index is -0.306. The van der Waals surface area contributed by atoms with Crippen molar-refractivity contribution in [1.29, 1.82) is 0 Å². The molecule has 0 saturated heterocycles. The molecule has 2 rings (SSSR count). The Balaban J connectivity index is 2.46. The van der Waals surface area contributed by atoms with Gasteiger partial charge in [0.05, 0.1) is 0 Å². The van der Waals surface area contributed by atoms with Gasteiger partial charge in [0, 0.05) is 11.6 Å². The van der Waals surface area contributed by atoms with Gasteiger partial charge >= 0.3 is 0 Å². The number of allylic oxidation sites excluding steroid dienone is 1. The van der Waals surface area contributed by atoms with E-state index < -0.39 is 0 Å². The summed E-state index contributed by atoms with van der Waals surface area (Å²) in [5.41, 5.74) is 1.70. The molecule has 76 valence electrons. The molecule has 0 N–H and O–H groups in total. The van der Waals surface area contributed by atoms with E-state index >= 15 is 0 Å². The number of halogens is 1. The maximum atomic E-state index is 13.4. The Morgan fingerprint density at radius 2 is 2.13 bits per heavy atom. The molecule has 2 nitrogen and oxygen atoms in total. The summed E-state index contributed by atoms with van der Waals surface area (Å²) >= 11 is 0. The van der Waals surface area contributed by atoms with Gasteiger partial charge in [-0.1, -0.05) is 23.9 Å². The summed E-state index contributed by atoms with van der Waals surface area (Å²) in [6.07, 6.45) is 0. The summed E-state index contributed by atoms with van der Waals surface area (Å²) in [6.45, 7) is 5.54. The smallest absolute Gasteiger partial charge is 0.162 e. The van der Waals surface area contributed by atoms with Gasteiger partial charge in [-0.15, -0.1) is 0 Å². The molecule has 0 fully saturated rings. The Hall–Kier alpha value is -1.90. The van der Waals surface area contributed by atoms with Crippen molar-refractivity contribution in [2.75, 3.05) is 0 Å². The Morgan fingerprint density at radius 3 is 2.73 bits per heavy atom. The number of aromatic nitrogens is 1. The zero-order valence-corrected chi connectivity index (χ0v) is 8.33. The normalized spacial score (nSPS) is 10.3. The molecule has 0 aliphatic carbocycles. The van der Waals surface area contributed by atoms with Gasteiger partial charge in [0.25, 0.3) is 0 Å². The van der Waals surface area contributed by atoms with Crippen molar-refractivity contribution < 1.29 is 8.91 Å². The first-order chi connectivity index (χ1) is 7.18. The highest BCUT2D eigenvalue weighted by Gasteiger charge is 2.10. The van der Waals surface area contributed by atoms with Crippen LogP contribution in [0.3, 0.4) is 0 Å². The van der Waals surface area contributed by atoms with Gasteiger partial charge in [-0.3, -0.25) is 0 Å². The molecule has 2 aromatic rings. The van der Waals surface area contributed by atoms with E-state index in [0.29, 0.717) is 17.0 Å². The van der Waals surface area contributed by atoms with Crippen molar-refractivity contribution in [1.82, 2.24) is 5.16 Å². The highest BCUT2D eigenvalue weighted by Crippen LogP contribution is 2.24. The van der Waals surface area contributed by atoms with Crippen LogP contribution >= 0.6 is 0 Å². The van der Waals surface area contributed by atoms with Crippen molar-refractivity contribution in [2.24, 2.45) is 0 Å². The van der Waals surface area contributed by atoms with Crippen LogP contribution in [0.1, 0.15) is 12.7 Å². The predicted octanol–water partition coefficient (Wildman–Crippen LogP) is 3.51. The van der Waals surface area contributed by atoms with Crippen molar-refractivity contribution in [3.63, 3.8) is 0 Å². The molecular formula is C12H10FNO. The molecule has 0 aliphatic rings. The highest BCUT2D eigenvalue weighted by atomic mass is 19.1. The van der Waals surface area contributed by atoms with Gasteiger partial charge in [-0.25, -0.2) is 4.39 Å². The number of hydrogen-bond acceptors (Lipinski definition) is 2. The van der Waals surface area contributed by atoms with Gasteiger partial charge in [0.1, 0.15) is 11.5 Å². The summed E-state index contributed by atoms with van der Waals surface area (Å²) in [7, 11) is 0. The molecule has 1 aromatic carbocycles. The van der Waals surface area contributed by atoms with Crippen LogP contribution < -0.4 is 0 Å². The maximum absolute atomic E-state index is 13.4. The van der Waals surface area contributed by atoms with E-state index in [1.165, 1.54) is 6.07 Å². The molecule has 0 atom stereocenters. The summed E-state index contributed by atoms with van der Waals surface area (Å²) in [5, 5.41) is 3.79. The van der Waals surface area contributed by atoms with Gasteiger partial charge in [-0.2, -0.15) is 0 Å². The molecule has 0 bridgehead atoms. The van der Waals surface area contributed by atoms with E-state index in [-0.39, 0.29) is 5.82 Å². The van der Waals surface area contributed by atoms with Crippen molar-refractivity contribution >= 4 is 5.57 Å². The molecule has 1 heterocycles. The monoisotopic (exact) mass is 203 g/mol. The van der Waals surface area contributed by atoms with Crippen molar-refractivity contribution in [3.8, 4) is 11.3 Å². The minimum Gasteiger partial charge on any atom is -0.356 e. The lowest BCUT2D eigenvalue weighted by atomic mass is 10.1. The second-order valence-electron chi connectivity index (χ2n) is 3.34. The zero-order chi connectivity index (χ0) is 10.8. The zero-order valence-electron chi connectivity index (χ0n) is 8.33. The summed E-state index contributed by atoms with van der Waals surface area (Å²) in [5.74, 6) is 0.271. The van der Waals surface area contributed by atoms with E-state index in [2.05, 4.69) is 11.7 Å². The first-order valence-electron chi connectivity index (χ1n) is 4.56. The Morgan fingerprint density at radius 1 is 1.40 bits per heavy atom. The van der Waals surface area contributed by atoms with Crippen molar-refractivity contribution in [3.05, 3.63) is 48.5 Å². The van der Waals surface area contributed by atoms with Gasteiger partial charge in [0.15, 0.2) is 5.76 Å². The second kappa shape index (κ2) is 3.69. The average Bonchev–Trinajstić information content (AvgIpc) is 2.67. The lowest BCUT2D eigenvalue weighted by molar-refractivity contribution is 0.412. The Kier molecular flexibility index (Phi) is 2.37. The molecule has 3 heteroatoms. The molecular weight excluding hydrogens is 193 g/mol. The Labute approximate surface area is 87.0 Å². The van der Waals surface area contributed by atoms with Crippen LogP contribution in [0.15, 0.2) is 41.4 Å². The average molecular weight is 203 g/mol. The molecule has 0 radical (unpaired) electrons. The van der Waals surface area contributed by atoms with Crippen molar-refractivity contribution in [2.45, 2.75) is 6.92 Å². The van der Waals surface area contributed by atoms with E-state index in [1.54, 1.807) is 24.3 Å². The number of nitrogens with zero attached hydrogens (tertiary/aromatic N) is 1. The summed E-state index contributed by atoms with van der Waals surface area (Å²) in [4.78, 5) is 0. The lowest BCUT2D eigenvalue weighted by Gasteiger charge is -1.95. The molecule has 15 heavy (non-hydrogen) atoms. The second-order valence-corrected chi connectivity index (χ2v) is 3.34. The van der Waals surface area contributed by atoms with Gasteiger partial charge in [-0.05, 0) is 24.6 Å². The fourth-order valence-corrected chi connectivity index (χ4v) is 1.27. The first kappa shape index (κ1) is 9.65. The highest BCUT2D eigenvalue weighted by molar-refractivity contribution is 5.65. The quantitative estimate of drug-likeness (QED) is 0.746. The lowest BCUT2D eigenvalue weighted by Crippen LogP contribution is -1.82. The number of rotatable bonds is 2.